The van der Waals surface area contributed by atoms with Crippen LogP contribution in [0.2, 0.25) is 5.02 Å². The number of rotatable bonds is 7. The Labute approximate surface area is 221 Å². The highest BCUT2D eigenvalue weighted by atomic mass is 35.5. The Bertz CT molecular complexity index is 1310. The second-order valence-corrected chi connectivity index (χ2v) is 9.84. The molecule has 0 unspecified atom stereocenters. The number of hydrogen-bond acceptors (Lipinski definition) is 7. The van der Waals surface area contributed by atoms with Crippen LogP contribution in [0.5, 0.6) is 5.75 Å². The molecular formula is C27H31ClN6O3. The highest BCUT2D eigenvalue weighted by molar-refractivity contribution is 6.32. The molecule has 0 atom stereocenters. The number of amides is 2. The molecule has 9 nitrogen and oxygen atoms in total. The van der Waals surface area contributed by atoms with E-state index >= 15 is 0 Å². The summed E-state index contributed by atoms with van der Waals surface area (Å²) in [6.07, 6.45) is 2.84. The van der Waals surface area contributed by atoms with Crippen LogP contribution in [0.15, 0.2) is 48.7 Å². The Morgan fingerprint density at radius 1 is 1.22 bits per heavy atom. The molecule has 0 saturated heterocycles. The Kier molecular flexibility index (Phi) is 7.54. The molecule has 0 saturated carbocycles. The van der Waals surface area contributed by atoms with Crippen molar-refractivity contribution in [2.24, 2.45) is 5.41 Å². The van der Waals surface area contributed by atoms with E-state index in [9.17, 15) is 9.59 Å². The maximum absolute atomic E-state index is 13.1. The van der Waals surface area contributed by atoms with Gasteiger partial charge in [-0.1, -0.05) is 43.6 Å². The van der Waals surface area contributed by atoms with Gasteiger partial charge in [-0.3, -0.25) is 20.0 Å². The van der Waals surface area contributed by atoms with Crippen molar-refractivity contribution in [3.05, 3.63) is 64.8 Å². The first-order chi connectivity index (χ1) is 17.7. The number of carbonyl (C=O) groups is 2. The molecule has 1 aliphatic rings. The molecule has 0 radical (unpaired) electrons. The minimum absolute atomic E-state index is 0.0995. The molecule has 194 valence electrons. The zero-order valence-corrected chi connectivity index (χ0v) is 22.4. The zero-order chi connectivity index (χ0) is 26.7. The quantitative estimate of drug-likeness (QED) is 0.406. The van der Waals surface area contributed by atoms with E-state index in [1.807, 2.05) is 43.9 Å². The number of aromatic nitrogens is 2. The Balaban J connectivity index is 1.62. The molecular weight excluding hydrogens is 492 g/mol. The van der Waals surface area contributed by atoms with Gasteiger partial charge in [0.25, 0.3) is 5.91 Å². The number of nitrogens with one attached hydrogen (secondary N) is 2. The van der Waals surface area contributed by atoms with Gasteiger partial charge in [0.15, 0.2) is 5.82 Å². The van der Waals surface area contributed by atoms with Crippen LogP contribution in [0.25, 0.3) is 0 Å². The van der Waals surface area contributed by atoms with Crippen LogP contribution < -0.4 is 20.4 Å². The van der Waals surface area contributed by atoms with Gasteiger partial charge in [-0.25, -0.2) is 4.98 Å². The predicted octanol–water partition coefficient (Wildman–Crippen LogP) is 5.31. The van der Waals surface area contributed by atoms with Crippen LogP contribution in [0.1, 0.15) is 43.1 Å². The molecule has 0 spiro atoms. The van der Waals surface area contributed by atoms with Crippen LogP contribution in [-0.4, -0.2) is 47.5 Å². The van der Waals surface area contributed by atoms with Crippen LogP contribution in [-0.2, 0) is 11.2 Å². The summed E-state index contributed by atoms with van der Waals surface area (Å²) < 4.78 is 5.82. The highest BCUT2D eigenvalue weighted by Crippen LogP contribution is 2.43. The molecule has 10 heteroatoms. The van der Waals surface area contributed by atoms with Crippen LogP contribution in [0.3, 0.4) is 0 Å². The Hall–Kier alpha value is -3.85. The van der Waals surface area contributed by atoms with Gasteiger partial charge in [0.1, 0.15) is 10.8 Å². The summed E-state index contributed by atoms with van der Waals surface area (Å²) in [6, 6.07) is 12.7. The third-order valence-corrected chi connectivity index (χ3v) is 6.74. The first-order valence-electron chi connectivity index (χ1n) is 12.1. The van der Waals surface area contributed by atoms with Gasteiger partial charge in [-0.15, -0.1) is 0 Å². The summed E-state index contributed by atoms with van der Waals surface area (Å²) in [5.74, 6) is 1.02. The van der Waals surface area contributed by atoms with E-state index in [1.54, 1.807) is 38.4 Å². The molecule has 2 heterocycles. The second-order valence-electron chi connectivity index (χ2n) is 9.43. The van der Waals surface area contributed by atoms with Gasteiger partial charge in [-0.2, -0.15) is 4.98 Å². The average molecular weight is 523 g/mol. The van der Waals surface area contributed by atoms with Gasteiger partial charge >= 0.3 is 0 Å². The van der Waals surface area contributed by atoms with Crippen molar-refractivity contribution < 1.29 is 14.3 Å². The number of carbonyl (C=O) groups excluding carboxylic acids is 2. The van der Waals surface area contributed by atoms with Gasteiger partial charge in [-0.05, 0) is 44.0 Å². The lowest BCUT2D eigenvalue weighted by molar-refractivity contribution is -0.126. The predicted molar refractivity (Wildman–Crippen MR) is 146 cm³/mol. The van der Waals surface area contributed by atoms with Gasteiger partial charge in [0.2, 0.25) is 11.9 Å². The molecule has 3 aromatic rings. The largest absolute Gasteiger partial charge is 0.494 e. The number of fused-ring (bicyclic) bond motifs is 1. The lowest BCUT2D eigenvalue weighted by Crippen LogP contribution is -2.39. The van der Waals surface area contributed by atoms with Gasteiger partial charge in [0, 0.05) is 30.1 Å². The van der Waals surface area contributed by atoms with Crippen molar-refractivity contribution in [3.8, 4) is 5.75 Å². The smallest absolute Gasteiger partial charge is 0.271 e. The normalized spacial score (nSPS) is 14.4. The maximum Gasteiger partial charge on any atom is 0.271 e. The fourth-order valence-electron chi connectivity index (χ4n) is 4.39. The summed E-state index contributed by atoms with van der Waals surface area (Å²) in [4.78, 5) is 36.4. The molecule has 0 aliphatic carbocycles. The fourth-order valence-corrected chi connectivity index (χ4v) is 4.52. The van der Waals surface area contributed by atoms with Crippen molar-refractivity contribution in [1.82, 2.24) is 15.0 Å². The van der Waals surface area contributed by atoms with Gasteiger partial charge < -0.3 is 15.0 Å². The Morgan fingerprint density at radius 2 is 1.95 bits per heavy atom. The lowest BCUT2D eigenvalue weighted by Gasteiger charge is -2.29. The number of anilines is 4. The molecule has 0 fully saturated rings. The summed E-state index contributed by atoms with van der Waals surface area (Å²) >= 11 is 6.32. The van der Waals surface area contributed by atoms with Crippen LogP contribution in [0.4, 0.5) is 23.1 Å². The third-order valence-electron chi connectivity index (χ3n) is 6.46. The summed E-state index contributed by atoms with van der Waals surface area (Å²) in [7, 11) is 3.20. The highest BCUT2D eigenvalue weighted by Gasteiger charge is 2.37. The molecule has 1 aliphatic heterocycles. The zero-order valence-electron chi connectivity index (χ0n) is 21.6. The number of methoxy groups -OCH3 is 1. The average Bonchev–Trinajstić information content (AvgIpc) is 2.99. The molecule has 2 aromatic carbocycles. The molecule has 4 rings (SSSR count). The SMILES string of the molecule is CCN1C(=O)C(C)(C)CCc2c1ccc(Nc1ncc(Cl)c(NN(C)C(=O)c3ccccc3)n1)c2OC. The van der Waals surface area contributed by atoms with E-state index < -0.39 is 5.41 Å². The van der Waals surface area contributed by atoms with Crippen LogP contribution >= 0.6 is 11.6 Å². The molecule has 0 bridgehead atoms. The van der Waals surface area contributed by atoms with Crippen molar-refractivity contribution >= 4 is 46.6 Å². The van der Waals surface area contributed by atoms with E-state index in [1.165, 1.54) is 11.2 Å². The maximum atomic E-state index is 13.1. The van der Waals surface area contributed by atoms with E-state index in [0.29, 0.717) is 36.4 Å². The van der Waals surface area contributed by atoms with Crippen molar-refractivity contribution in [2.45, 2.75) is 33.6 Å². The van der Waals surface area contributed by atoms with Crippen LogP contribution in [0, 0.1) is 5.41 Å². The minimum Gasteiger partial charge on any atom is -0.494 e. The third kappa shape index (κ3) is 5.32. The summed E-state index contributed by atoms with van der Waals surface area (Å²) in [5, 5.41) is 4.78. The number of ether oxygens (including phenoxy) is 1. The first-order valence-corrected chi connectivity index (χ1v) is 12.4. The van der Waals surface area contributed by atoms with E-state index in [4.69, 9.17) is 16.3 Å². The standard InChI is InChI=1S/C27H31ClN6O3/c1-6-34-21-13-12-20(22(37-5)18(21)14-15-27(2,3)25(34)36)30-26-29-16-19(28)23(31-26)32-33(4)24(35)17-10-8-7-9-11-17/h7-13,16H,6,14-15H2,1-5H3,(H2,29,30,31,32). The van der Waals surface area contributed by atoms with Crippen molar-refractivity contribution in [1.29, 1.82) is 0 Å². The number of nitrogens with zero attached hydrogens (tertiary/aromatic N) is 4. The molecule has 1 aromatic heterocycles. The summed E-state index contributed by atoms with van der Waals surface area (Å²) in [6.45, 7) is 6.49. The van der Waals surface area contributed by atoms with Gasteiger partial charge in [0.05, 0.1) is 24.7 Å². The van der Waals surface area contributed by atoms with E-state index in [2.05, 4.69) is 20.7 Å². The van der Waals surface area contributed by atoms with E-state index in [-0.39, 0.29) is 28.6 Å². The molecule has 37 heavy (non-hydrogen) atoms. The second kappa shape index (κ2) is 10.6. The topological polar surface area (TPSA) is 99.7 Å². The number of benzene rings is 2. The number of hydrogen-bond donors (Lipinski definition) is 2. The lowest BCUT2D eigenvalue weighted by atomic mass is 9.86. The monoisotopic (exact) mass is 522 g/mol. The van der Waals surface area contributed by atoms with E-state index in [0.717, 1.165) is 11.3 Å². The van der Waals surface area contributed by atoms with Crippen molar-refractivity contribution in [3.63, 3.8) is 0 Å². The minimum atomic E-state index is -0.475. The van der Waals surface area contributed by atoms with Crippen molar-refractivity contribution in [2.75, 3.05) is 36.3 Å². The molecule has 2 amide bonds. The Morgan fingerprint density at radius 3 is 2.62 bits per heavy atom. The first kappa shape index (κ1) is 26.2. The fraction of sp³-hybridized carbons (Fsp3) is 0.333. The molecule has 2 N–H and O–H groups in total. The number of hydrazine groups is 1. The summed E-state index contributed by atoms with van der Waals surface area (Å²) in [5.41, 5.74) is 5.44. The number of halogens is 1.